The van der Waals surface area contributed by atoms with Crippen molar-refractivity contribution in [2.24, 2.45) is 0 Å². The third-order valence-electron chi connectivity index (χ3n) is 2.12. The number of nitrogens with zero attached hydrogens (tertiary/aromatic N) is 2. The van der Waals surface area contributed by atoms with Crippen molar-refractivity contribution in [3.63, 3.8) is 0 Å². The first-order chi connectivity index (χ1) is 7.26. The Morgan fingerprint density at radius 2 is 2.33 bits per heavy atom. The predicted molar refractivity (Wildman–Crippen MR) is 60.0 cm³/mol. The highest BCUT2D eigenvalue weighted by atomic mass is 16.5. The average Bonchev–Trinajstić information content (AvgIpc) is 2.26. The molecule has 1 aromatic rings. The van der Waals surface area contributed by atoms with Crippen LogP contribution in [-0.2, 0) is 6.42 Å². The fraction of sp³-hybridized carbons (Fsp3) is 0.636. The standard InChI is InChI=1S/C11H19N3O/c1-4-6-12-9(2)8-10-13-7-5-11(14-10)15-3/h5,7,9,12H,4,6,8H2,1-3H3. The summed E-state index contributed by atoms with van der Waals surface area (Å²) in [4.78, 5) is 8.47. The molecular formula is C11H19N3O. The Kier molecular flexibility index (Phi) is 5.04. The number of nitrogens with one attached hydrogen (secondary N) is 1. The summed E-state index contributed by atoms with van der Waals surface area (Å²) in [6.45, 7) is 5.32. The highest BCUT2D eigenvalue weighted by Crippen LogP contribution is 2.05. The van der Waals surface area contributed by atoms with Gasteiger partial charge in [0, 0.05) is 24.7 Å². The van der Waals surface area contributed by atoms with E-state index < -0.39 is 0 Å². The van der Waals surface area contributed by atoms with Crippen molar-refractivity contribution in [2.75, 3.05) is 13.7 Å². The second kappa shape index (κ2) is 6.35. The minimum Gasteiger partial charge on any atom is -0.481 e. The summed E-state index contributed by atoms with van der Waals surface area (Å²) in [6, 6.07) is 2.16. The highest BCUT2D eigenvalue weighted by molar-refractivity contribution is 5.08. The summed E-state index contributed by atoms with van der Waals surface area (Å²) >= 11 is 0. The number of hydrogen-bond acceptors (Lipinski definition) is 4. The van der Waals surface area contributed by atoms with Gasteiger partial charge in [0.2, 0.25) is 5.88 Å². The highest BCUT2D eigenvalue weighted by Gasteiger charge is 2.05. The lowest BCUT2D eigenvalue weighted by molar-refractivity contribution is 0.393. The summed E-state index contributed by atoms with van der Waals surface area (Å²) in [5, 5.41) is 3.40. The molecule has 0 aliphatic rings. The summed E-state index contributed by atoms with van der Waals surface area (Å²) in [7, 11) is 1.62. The van der Waals surface area contributed by atoms with Gasteiger partial charge in [-0.15, -0.1) is 0 Å². The first-order valence-electron chi connectivity index (χ1n) is 5.35. The van der Waals surface area contributed by atoms with Gasteiger partial charge in [0.15, 0.2) is 0 Å². The van der Waals surface area contributed by atoms with Crippen LogP contribution in [0.15, 0.2) is 12.3 Å². The van der Waals surface area contributed by atoms with E-state index in [0.717, 1.165) is 25.2 Å². The SMILES string of the molecule is CCCNC(C)Cc1nccc(OC)n1. The Hall–Kier alpha value is -1.16. The molecule has 4 heteroatoms. The summed E-state index contributed by atoms with van der Waals surface area (Å²) in [6.07, 6.45) is 3.70. The topological polar surface area (TPSA) is 47.0 Å². The fourth-order valence-electron chi connectivity index (χ4n) is 1.33. The van der Waals surface area contributed by atoms with Crippen molar-refractivity contribution < 1.29 is 4.74 Å². The number of aromatic nitrogens is 2. The average molecular weight is 209 g/mol. The molecule has 1 unspecified atom stereocenters. The van der Waals surface area contributed by atoms with Crippen molar-refractivity contribution in [2.45, 2.75) is 32.7 Å². The molecule has 1 atom stereocenters. The zero-order chi connectivity index (χ0) is 11.1. The van der Waals surface area contributed by atoms with Crippen LogP contribution in [0.4, 0.5) is 0 Å². The summed E-state index contributed by atoms with van der Waals surface area (Å²) in [5.74, 6) is 1.45. The van der Waals surface area contributed by atoms with Crippen molar-refractivity contribution in [1.82, 2.24) is 15.3 Å². The van der Waals surface area contributed by atoms with Gasteiger partial charge in [-0.3, -0.25) is 0 Å². The Bertz CT molecular complexity index is 291. The molecule has 1 N–H and O–H groups in total. The fourth-order valence-corrected chi connectivity index (χ4v) is 1.33. The van der Waals surface area contributed by atoms with Gasteiger partial charge in [-0.05, 0) is 19.9 Å². The van der Waals surface area contributed by atoms with Gasteiger partial charge < -0.3 is 10.1 Å². The maximum absolute atomic E-state index is 5.05. The van der Waals surface area contributed by atoms with E-state index in [2.05, 4.69) is 29.1 Å². The van der Waals surface area contributed by atoms with Gasteiger partial charge in [0.1, 0.15) is 5.82 Å². The molecule has 4 nitrogen and oxygen atoms in total. The first kappa shape index (κ1) is 11.9. The molecular weight excluding hydrogens is 190 g/mol. The van der Waals surface area contributed by atoms with Crippen molar-refractivity contribution in [3.8, 4) is 5.88 Å². The quantitative estimate of drug-likeness (QED) is 0.769. The third-order valence-corrected chi connectivity index (χ3v) is 2.12. The Labute approximate surface area is 91.1 Å². The van der Waals surface area contributed by atoms with Crippen molar-refractivity contribution >= 4 is 0 Å². The van der Waals surface area contributed by atoms with Crippen LogP contribution < -0.4 is 10.1 Å². The van der Waals surface area contributed by atoms with Gasteiger partial charge in [0.25, 0.3) is 0 Å². The summed E-state index contributed by atoms with van der Waals surface area (Å²) in [5.41, 5.74) is 0. The lowest BCUT2D eigenvalue weighted by atomic mass is 10.2. The largest absolute Gasteiger partial charge is 0.481 e. The maximum atomic E-state index is 5.05. The van der Waals surface area contributed by atoms with Crippen LogP contribution in [0.25, 0.3) is 0 Å². The van der Waals surface area contributed by atoms with Gasteiger partial charge >= 0.3 is 0 Å². The first-order valence-corrected chi connectivity index (χ1v) is 5.35. The van der Waals surface area contributed by atoms with Crippen LogP contribution in [0, 0.1) is 0 Å². The van der Waals surface area contributed by atoms with E-state index in [0.29, 0.717) is 11.9 Å². The molecule has 0 aliphatic heterocycles. The molecule has 0 fully saturated rings. The molecule has 1 aromatic heterocycles. The molecule has 1 heterocycles. The normalized spacial score (nSPS) is 12.5. The van der Waals surface area contributed by atoms with Gasteiger partial charge in [-0.1, -0.05) is 6.92 Å². The zero-order valence-corrected chi connectivity index (χ0v) is 9.66. The van der Waals surface area contributed by atoms with E-state index in [-0.39, 0.29) is 0 Å². The molecule has 0 saturated heterocycles. The molecule has 15 heavy (non-hydrogen) atoms. The lowest BCUT2D eigenvalue weighted by Gasteiger charge is -2.11. The van der Waals surface area contributed by atoms with Crippen LogP contribution in [0.5, 0.6) is 5.88 Å². The third kappa shape index (κ3) is 4.25. The molecule has 1 rings (SSSR count). The van der Waals surface area contributed by atoms with Crippen LogP contribution in [-0.4, -0.2) is 29.7 Å². The van der Waals surface area contributed by atoms with E-state index in [9.17, 15) is 0 Å². The van der Waals surface area contributed by atoms with Crippen molar-refractivity contribution in [3.05, 3.63) is 18.1 Å². The van der Waals surface area contributed by atoms with E-state index in [1.54, 1.807) is 19.4 Å². The van der Waals surface area contributed by atoms with Gasteiger partial charge in [-0.2, -0.15) is 4.98 Å². The molecule has 84 valence electrons. The molecule has 0 spiro atoms. The Morgan fingerprint density at radius 1 is 1.53 bits per heavy atom. The van der Waals surface area contributed by atoms with E-state index in [1.165, 1.54) is 0 Å². The van der Waals surface area contributed by atoms with E-state index in [4.69, 9.17) is 4.74 Å². The smallest absolute Gasteiger partial charge is 0.216 e. The monoisotopic (exact) mass is 209 g/mol. The van der Waals surface area contributed by atoms with Crippen LogP contribution in [0.2, 0.25) is 0 Å². The van der Waals surface area contributed by atoms with E-state index in [1.807, 2.05) is 0 Å². The molecule has 0 aromatic carbocycles. The molecule has 0 amide bonds. The molecule has 0 radical (unpaired) electrons. The second-order valence-electron chi connectivity index (χ2n) is 3.57. The second-order valence-corrected chi connectivity index (χ2v) is 3.57. The van der Waals surface area contributed by atoms with Gasteiger partial charge in [0.05, 0.1) is 7.11 Å². The number of ether oxygens (including phenoxy) is 1. The summed E-state index contributed by atoms with van der Waals surface area (Å²) < 4.78 is 5.05. The molecule has 0 saturated carbocycles. The van der Waals surface area contributed by atoms with Crippen LogP contribution >= 0.6 is 0 Å². The van der Waals surface area contributed by atoms with Crippen LogP contribution in [0.3, 0.4) is 0 Å². The maximum Gasteiger partial charge on any atom is 0.216 e. The van der Waals surface area contributed by atoms with E-state index >= 15 is 0 Å². The minimum absolute atomic E-state index is 0.400. The van der Waals surface area contributed by atoms with Crippen LogP contribution in [0.1, 0.15) is 26.1 Å². The minimum atomic E-state index is 0.400. The number of methoxy groups -OCH3 is 1. The molecule has 0 bridgehead atoms. The Morgan fingerprint density at radius 3 is 3.00 bits per heavy atom. The number of rotatable bonds is 6. The Balaban J connectivity index is 2.48. The zero-order valence-electron chi connectivity index (χ0n) is 9.66. The molecule has 0 aliphatic carbocycles. The lowest BCUT2D eigenvalue weighted by Crippen LogP contribution is -2.29. The van der Waals surface area contributed by atoms with Crippen molar-refractivity contribution in [1.29, 1.82) is 0 Å². The predicted octanol–water partition coefficient (Wildman–Crippen LogP) is 1.42. The van der Waals surface area contributed by atoms with Gasteiger partial charge in [-0.25, -0.2) is 4.98 Å². The number of hydrogen-bond donors (Lipinski definition) is 1.